The molecule has 35 heavy (non-hydrogen) atoms. The van der Waals surface area contributed by atoms with Crippen LogP contribution in [0.3, 0.4) is 0 Å². The maximum Gasteiger partial charge on any atom is 0.252 e. The van der Waals surface area contributed by atoms with Crippen molar-refractivity contribution in [2.75, 3.05) is 10.6 Å². The van der Waals surface area contributed by atoms with Gasteiger partial charge in [0.05, 0.1) is 24.5 Å². The van der Waals surface area contributed by atoms with E-state index in [1.807, 2.05) is 91.9 Å². The lowest BCUT2D eigenvalue weighted by molar-refractivity contribution is 0.0943. The molecular weight excluding hydrogens is 456 g/mol. The molecule has 4 rings (SSSR count). The Labute approximate surface area is 207 Å². The van der Waals surface area contributed by atoms with Crippen LogP contribution < -0.4 is 9.62 Å². The quantitative estimate of drug-likeness (QED) is 0.360. The van der Waals surface area contributed by atoms with Gasteiger partial charge in [-0.15, -0.1) is 0 Å². The van der Waals surface area contributed by atoms with Crippen LogP contribution in [0.4, 0.5) is 5.69 Å². The van der Waals surface area contributed by atoms with Gasteiger partial charge in [0, 0.05) is 5.56 Å². The molecule has 0 fully saturated rings. The third kappa shape index (κ3) is 5.97. The highest BCUT2D eigenvalue weighted by molar-refractivity contribution is 7.92. The molecule has 0 saturated carbocycles. The minimum absolute atomic E-state index is 0.217. The molecule has 1 N–H and O–H groups in total. The normalized spacial score (nSPS) is 12.1. The van der Waals surface area contributed by atoms with Crippen molar-refractivity contribution in [3.63, 3.8) is 0 Å². The van der Waals surface area contributed by atoms with Crippen molar-refractivity contribution in [2.45, 2.75) is 19.5 Å². The molecule has 6 heteroatoms. The van der Waals surface area contributed by atoms with Gasteiger partial charge in [0.1, 0.15) is 0 Å². The summed E-state index contributed by atoms with van der Waals surface area (Å²) in [5.41, 5.74) is 4.93. The van der Waals surface area contributed by atoms with E-state index in [0.717, 1.165) is 22.3 Å². The highest BCUT2D eigenvalue weighted by Gasteiger charge is 2.21. The summed E-state index contributed by atoms with van der Waals surface area (Å²) in [6.07, 6.45) is 1.18. The first kappa shape index (κ1) is 24.2. The summed E-state index contributed by atoms with van der Waals surface area (Å²) in [4.78, 5) is 13.2. The van der Waals surface area contributed by atoms with Crippen LogP contribution in [0.1, 0.15) is 38.7 Å². The van der Waals surface area contributed by atoms with Crippen molar-refractivity contribution < 1.29 is 13.2 Å². The van der Waals surface area contributed by atoms with Crippen molar-refractivity contribution in [1.82, 2.24) is 5.32 Å². The monoisotopic (exact) mass is 484 g/mol. The van der Waals surface area contributed by atoms with Gasteiger partial charge >= 0.3 is 0 Å². The molecule has 0 aliphatic carbocycles. The summed E-state index contributed by atoms with van der Waals surface area (Å²) in [5, 5.41) is 3.15. The lowest BCUT2D eigenvalue weighted by Crippen LogP contribution is -2.30. The third-order valence-corrected chi connectivity index (χ3v) is 7.04. The fourth-order valence-electron chi connectivity index (χ4n) is 4.04. The number of nitrogens with one attached hydrogen (secondary N) is 1. The van der Waals surface area contributed by atoms with Gasteiger partial charge in [0.25, 0.3) is 5.91 Å². The van der Waals surface area contributed by atoms with Crippen LogP contribution in [-0.2, 0) is 16.6 Å². The summed E-state index contributed by atoms with van der Waals surface area (Å²) >= 11 is 0. The number of aryl methyl sites for hydroxylation is 1. The largest absolute Gasteiger partial charge is 0.341 e. The van der Waals surface area contributed by atoms with Crippen molar-refractivity contribution >= 4 is 21.6 Å². The Morgan fingerprint density at radius 3 is 1.97 bits per heavy atom. The average molecular weight is 485 g/mol. The summed E-state index contributed by atoms with van der Waals surface area (Å²) in [5.74, 6) is -0.234. The van der Waals surface area contributed by atoms with E-state index in [1.165, 1.54) is 10.6 Å². The number of rotatable bonds is 8. The Bertz CT molecular complexity index is 1390. The molecule has 0 aromatic heterocycles. The molecule has 0 heterocycles. The maximum atomic E-state index is 13.2. The van der Waals surface area contributed by atoms with Crippen LogP contribution in [-0.4, -0.2) is 20.6 Å². The van der Waals surface area contributed by atoms with E-state index < -0.39 is 10.0 Å². The molecule has 0 spiro atoms. The predicted molar refractivity (Wildman–Crippen MR) is 141 cm³/mol. The van der Waals surface area contributed by atoms with Gasteiger partial charge in [-0.05, 0) is 53.4 Å². The maximum absolute atomic E-state index is 13.2. The fraction of sp³-hybridized carbons (Fsp3) is 0.138. The zero-order valence-electron chi connectivity index (χ0n) is 19.8. The second kappa shape index (κ2) is 10.6. The summed E-state index contributed by atoms with van der Waals surface area (Å²) in [6.45, 7) is 2.24. The van der Waals surface area contributed by atoms with Crippen LogP contribution in [0.5, 0.6) is 0 Å². The van der Waals surface area contributed by atoms with Crippen molar-refractivity contribution in [3.8, 4) is 0 Å². The molecule has 4 aromatic carbocycles. The number of amides is 1. The topological polar surface area (TPSA) is 66.5 Å². The number of nitrogens with zero attached hydrogens (tertiary/aromatic N) is 1. The Morgan fingerprint density at radius 2 is 1.37 bits per heavy atom. The number of carbonyl (C=O) groups is 1. The minimum Gasteiger partial charge on any atom is -0.341 e. The van der Waals surface area contributed by atoms with Crippen LogP contribution in [0.25, 0.3) is 0 Å². The zero-order valence-corrected chi connectivity index (χ0v) is 20.6. The number of anilines is 1. The van der Waals surface area contributed by atoms with E-state index in [4.69, 9.17) is 0 Å². The first-order valence-electron chi connectivity index (χ1n) is 11.4. The SMILES string of the molecule is Cc1ccccc1[C@@H](NC(=O)c1ccc(N(Cc2ccccc2)S(C)(=O)=O)cc1)c1ccccc1. The summed E-state index contributed by atoms with van der Waals surface area (Å²) in [6, 6.07) is 33.6. The lowest BCUT2D eigenvalue weighted by Gasteiger charge is -2.23. The minimum atomic E-state index is -3.51. The van der Waals surface area contributed by atoms with Crippen LogP contribution in [0.15, 0.2) is 109 Å². The highest BCUT2D eigenvalue weighted by atomic mass is 32.2. The molecule has 0 aliphatic rings. The molecule has 5 nitrogen and oxygen atoms in total. The fourth-order valence-corrected chi connectivity index (χ4v) is 4.93. The van der Waals surface area contributed by atoms with Crippen molar-refractivity contribution in [3.05, 3.63) is 137 Å². The highest BCUT2D eigenvalue weighted by Crippen LogP contribution is 2.26. The second-order valence-electron chi connectivity index (χ2n) is 8.48. The first-order chi connectivity index (χ1) is 16.8. The molecule has 1 amide bonds. The molecule has 1 atom stereocenters. The lowest BCUT2D eigenvalue weighted by atomic mass is 9.94. The van der Waals surface area contributed by atoms with Crippen LogP contribution in [0, 0.1) is 6.92 Å². The van der Waals surface area contributed by atoms with Crippen molar-refractivity contribution in [1.29, 1.82) is 0 Å². The van der Waals surface area contributed by atoms with Gasteiger partial charge in [-0.3, -0.25) is 9.10 Å². The van der Waals surface area contributed by atoms with Gasteiger partial charge in [-0.25, -0.2) is 8.42 Å². The van der Waals surface area contributed by atoms with E-state index >= 15 is 0 Å². The first-order valence-corrected chi connectivity index (χ1v) is 13.2. The van der Waals surface area contributed by atoms with Gasteiger partial charge in [0.2, 0.25) is 10.0 Å². The predicted octanol–water partition coefficient (Wildman–Crippen LogP) is 5.48. The number of hydrogen-bond donors (Lipinski definition) is 1. The van der Waals surface area contributed by atoms with E-state index in [2.05, 4.69) is 5.32 Å². The standard InChI is InChI=1S/C29H28N2O3S/c1-22-11-9-10-16-27(22)28(24-14-7-4-8-15-24)30-29(32)25-17-19-26(20-18-25)31(35(2,33)34)21-23-12-5-3-6-13-23/h3-20,28H,21H2,1-2H3,(H,30,32)/t28-/m0/s1. The van der Waals surface area contributed by atoms with Crippen molar-refractivity contribution in [2.24, 2.45) is 0 Å². The number of carbonyl (C=O) groups excluding carboxylic acids is 1. The van der Waals surface area contributed by atoms with Crippen LogP contribution in [0.2, 0.25) is 0 Å². The van der Waals surface area contributed by atoms with Gasteiger partial charge in [-0.2, -0.15) is 0 Å². The summed E-state index contributed by atoms with van der Waals surface area (Å²) < 4.78 is 26.3. The van der Waals surface area contributed by atoms with E-state index in [-0.39, 0.29) is 18.5 Å². The van der Waals surface area contributed by atoms with Gasteiger partial charge in [0.15, 0.2) is 0 Å². The van der Waals surface area contributed by atoms with E-state index in [0.29, 0.717) is 11.3 Å². The second-order valence-corrected chi connectivity index (χ2v) is 10.4. The molecule has 0 unspecified atom stereocenters. The van der Waals surface area contributed by atoms with Gasteiger partial charge < -0.3 is 5.32 Å². The van der Waals surface area contributed by atoms with E-state index in [9.17, 15) is 13.2 Å². The van der Waals surface area contributed by atoms with Gasteiger partial charge in [-0.1, -0.05) is 84.9 Å². The van der Waals surface area contributed by atoms with E-state index in [1.54, 1.807) is 24.3 Å². The molecule has 0 saturated heterocycles. The zero-order chi connectivity index (χ0) is 24.8. The number of benzene rings is 4. The average Bonchev–Trinajstić information content (AvgIpc) is 2.87. The molecule has 0 aliphatic heterocycles. The molecular formula is C29H28N2O3S. The smallest absolute Gasteiger partial charge is 0.252 e. The third-order valence-electron chi connectivity index (χ3n) is 5.89. The molecule has 0 bridgehead atoms. The molecule has 178 valence electrons. The Morgan fingerprint density at radius 1 is 0.800 bits per heavy atom. The van der Waals surface area contributed by atoms with Crippen LogP contribution >= 0.6 is 0 Å². The summed E-state index contributed by atoms with van der Waals surface area (Å²) in [7, 11) is -3.51. The Hall–Kier alpha value is -3.90. The number of sulfonamides is 1. The molecule has 4 aromatic rings. The Kier molecular flexibility index (Phi) is 7.32. The Balaban J connectivity index is 1.59. The number of hydrogen-bond acceptors (Lipinski definition) is 3. The molecule has 0 radical (unpaired) electrons.